The molecule has 2 rings (SSSR count). The highest BCUT2D eigenvalue weighted by atomic mass is 79.9. The van der Waals surface area contributed by atoms with Crippen molar-refractivity contribution >= 4 is 51.2 Å². The minimum atomic E-state index is -1.11. The Hall–Kier alpha value is -3.11. The lowest BCUT2D eigenvalue weighted by atomic mass is 10.1. The van der Waals surface area contributed by atoms with E-state index in [-0.39, 0.29) is 25.0 Å². The van der Waals surface area contributed by atoms with Gasteiger partial charge < -0.3 is 15.8 Å². The fourth-order valence-corrected chi connectivity index (χ4v) is 2.86. The molecule has 0 spiro atoms. The minimum Gasteiger partial charge on any atom is -0.484 e. The van der Waals surface area contributed by atoms with Crippen LogP contribution in [0.15, 0.2) is 53.0 Å². The average Bonchev–Trinajstić information content (AvgIpc) is 2.73. The van der Waals surface area contributed by atoms with Gasteiger partial charge >= 0.3 is 0 Å². The van der Waals surface area contributed by atoms with Gasteiger partial charge in [0.15, 0.2) is 6.61 Å². The quantitative estimate of drug-likeness (QED) is 0.379. The number of hydrogen-bond donors (Lipinski definition) is 4. The molecule has 0 bridgehead atoms. The molecule has 9 nitrogen and oxygen atoms in total. The van der Waals surface area contributed by atoms with E-state index < -0.39 is 29.7 Å². The fraction of sp³-hybridized carbons (Fsp3) is 0.200. The number of primary amides is 1. The second kappa shape index (κ2) is 11.9. The minimum absolute atomic E-state index is 0.0507. The van der Waals surface area contributed by atoms with Crippen LogP contribution in [0.2, 0.25) is 5.02 Å². The van der Waals surface area contributed by atoms with Crippen LogP contribution in [0.5, 0.6) is 5.75 Å². The number of nitrogens with one attached hydrogen (secondary N) is 3. The van der Waals surface area contributed by atoms with E-state index in [0.717, 1.165) is 4.47 Å². The van der Waals surface area contributed by atoms with Gasteiger partial charge in [0.1, 0.15) is 11.8 Å². The molecule has 0 aliphatic carbocycles. The summed E-state index contributed by atoms with van der Waals surface area (Å²) in [7, 11) is 0. The van der Waals surface area contributed by atoms with Gasteiger partial charge in [0.2, 0.25) is 5.91 Å². The number of benzene rings is 2. The van der Waals surface area contributed by atoms with Crippen LogP contribution in [-0.2, 0) is 14.4 Å². The van der Waals surface area contributed by atoms with Crippen LogP contribution in [0.3, 0.4) is 0 Å². The second-order valence-electron chi connectivity index (χ2n) is 6.32. The van der Waals surface area contributed by atoms with Crippen molar-refractivity contribution in [3.05, 3.63) is 63.6 Å². The van der Waals surface area contributed by atoms with Crippen molar-refractivity contribution in [3.63, 3.8) is 0 Å². The lowest BCUT2D eigenvalue weighted by Crippen LogP contribution is -2.53. The molecule has 0 saturated carbocycles. The maximum atomic E-state index is 12.4. The zero-order valence-corrected chi connectivity index (χ0v) is 18.5. The first-order valence-corrected chi connectivity index (χ1v) is 10.2. The van der Waals surface area contributed by atoms with E-state index in [2.05, 4.69) is 32.1 Å². The zero-order chi connectivity index (χ0) is 22.8. The molecular weight excluding hydrogens is 492 g/mol. The van der Waals surface area contributed by atoms with Crippen molar-refractivity contribution < 1.29 is 23.9 Å². The molecule has 0 fully saturated rings. The van der Waals surface area contributed by atoms with Crippen molar-refractivity contribution in [2.75, 3.05) is 6.61 Å². The van der Waals surface area contributed by atoms with Crippen LogP contribution < -0.4 is 26.6 Å². The molecule has 1 atom stereocenters. The van der Waals surface area contributed by atoms with Crippen molar-refractivity contribution in [1.29, 1.82) is 0 Å². The maximum Gasteiger partial charge on any atom is 0.276 e. The van der Waals surface area contributed by atoms with Crippen LogP contribution in [0, 0.1) is 0 Å². The van der Waals surface area contributed by atoms with Gasteiger partial charge in [-0.2, -0.15) is 0 Å². The van der Waals surface area contributed by atoms with E-state index in [1.165, 1.54) is 24.3 Å². The van der Waals surface area contributed by atoms with Gasteiger partial charge in [-0.1, -0.05) is 33.6 Å². The molecule has 31 heavy (non-hydrogen) atoms. The van der Waals surface area contributed by atoms with Gasteiger partial charge in [0.25, 0.3) is 17.7 Å². The Morgan fingerprint density at radius 2 is 1.77 bits per heavy atom. The smallest absolute Gasteiger partial charge is 0.276 e. The molecule has 0 saturated heterocycles. The Kier molecular flexibility index (Phi) is 9.29. The fourth-order valence-electron chi connectivity index (χ4n) is 2.36. The van der Waals surface area contributed by atoms with Crippen LogP contribution in [-0.4, -0.2) is 36.3 Å². The summed E-state index contributed by atoms with van der Waals surface area (Å²) in [5.41, 5.74) is 9.81. The molecule has 0 aliphatic heterocycles. The molecule has 0 heterocycles. The molecule has 5 N–H and O–H groups in total. The molecule has 0 radical (unpaired) electrons. The number of rotatable bonds is 9. The average molecular weight is 512 g/mol. The third-order valence-electron chi connectivity index (χ3n) is 3.90. The number of hydrazine groups is 1. The molecule has 0 aliphatic rings. The molecule has 2 aromatic carbocycles. The lowest BCUT2D eigenvalue weighted by molar-refractivity contribution is -0.131. The van der Waals surface area contributed by atoms with E-state index in [0.29, 0.717) is 10.8 Å². The number of carbonyl (C=O) groups is 4. The summed E-state index contributed by atoms with van der Waals surface area (Å²) in [6.07, 6.45) is -0.191. The van der Waals surface area contributed by atoms with E-state index in [1.54, 1.807) is 24.3 Å². The SMILES string of the molecule is NC(=O)CC[C@H](NC(=O)c1ccc(Cl)cc1)C(=O)NNC(=O)COc1cccc(Br)c1. The van der Waals surface area contributed by atoms with Crippen LogP contribution in [0.25, 0.3) is 0 Å². The molecule has 4 amide bonds. The summed E-state index contributed by atoms with van der Waals surface area (Å²) >= 11 is 9.09. The Labute approximate surface area is 191 Å². The third kappa shape index (κ3) is 8.65. The van der Waals surface area contributed by atoms with E-state index in [9.17, 15) is 19.2 Å². The summed E-state index contributed by atoms with van der Waals surface area (Å²) in [6.45, 7) is -0.347. The highest BCUT2D eigenvalue weighted by Crippen LogP contribution is 2.17. The standard InChI is InChI=1S/C20H20BrClN4O5/c21-13-2-1-3-15(10-13)31-11-18(28)25-26-20(30)16(8-9-17(23)27)24-19(29)12-4-6-14(22)7-5-12/h1-7,10,16H,8-9,11H2,(H2,23,27)(H,24,29)(H,25,28)(H,26,30)/t16-/m0/s1. The van der Waals surface area contributed by atoms with Gasteiger partial charge in [-0.25, -0.2) is 0 Å². The van der Waals surface area contributed by atoms with Crippen molar-refractivity contribution in [1.82, 2.24) is 16.2 Å². The van der Waals surface area contributed by atoms with Gasteiger partial charge in [0, 0.05) is 21.5 Å². The monoisotopic (exact) mass is 510 g/mol. The van der Waals surface area contributed by atoms with E-state index in [1.807, 2.05) is 0 Å². The second-order valence-corrected chi connectivity index (χ2v) is 7.67. The van der Waals surface area contributed by atoms with E-state index >= 15 is 0 Å². The Bertz CT molecular complexity index is 955. The normalized spacial score (nSPS) is 11.2. The molecule has 0 aromatic heterocycles. The number of amides is 4. The zero-order valence-electron chi connectivity index (χ0n) is 16.2. The van der Waals surface area contributed by atoms with Crippen LogP contribution in [0.1, 0.15) is 23.2 Å². The van der Waals surface area contributed by atoms with Gasteiger partial charge in [0.05, 0.1) is 0 Å². The summed E-state index contributed by atoms with van der Waals surface area (Å²) in [5, 5.41) is 2.96. The first-order chi connectivity index (χ1) is 14.7. The summed E-state index contributed by atoms with van der Waals surface area (Å²) in [4.78, 5) is 47.9. The molecule has 0 unspecified atom stereocenters. The van der Waals surface area contributed by atoms with Crippen molar-refractivity contribution in [3.8, 4) is 5.75 Å². The number of nitrogens with two attached hydrogens (primary N) is 1. The van der Waals surface area contributed by atoms with Gasteiger partial charge in [-0.3, -0.25) is 30.0 Å². The topological polar surface area (TPSA) is 140 Å². The summed E-state index contributed by atoms with van der Waals surface area (Å²) < 4.78 is 6.10. The predicted molar refractivity (Wildman–Crippen MR) is 117 cm³/mol. The molecule has 2 aromatic rings. The maximum absolute atomic E-state index is 12.4. The Morgan fingerprint density at radius 1 is 1.06 bits per heavy atom. The first kappa shape index (κ1) is 24.2. The van der Waals surface area contributed by atoms with Gasteiger partial charge in [-0.05, 0) is 48.9 Å². The van der Waals surface area contributed by atoms with Crippen LogP contribution in [0.4, 0.5) is 0 Å². The molecular formula is C20H20BrClN4O5. The third-order valence-corrected chi connectivity index (χ3v) is 4.64. The summed E-state index contributed by atoms with van der Waals surface area (Å²) in [5.74, 6) is -2.06. The van der Waals surface area contributed by atoms with Crippen molar-refractivity contribution in [2.24, 2.45) is 5.73 Å². The molecule has 11 heteroatoms. The number of ether oxygens (including phenoxy) is 1. The largest absolute Gasteiger partial charge is 0.484 e. The number of halogens is 2. The predicted octanol–water partition coefficient (Wildman–Crippen LogP) is 1.69. The Balaban J connectivity index is 1.90. The van der Waals surface area contributed by atoms with Crippen molar-refractivity contribution in [2.45, 2.75) is 18.9 Å². The number of hydrogen-bond acceptors (Lipinski definition) is 5. The Morgan fingerprint density at radius 3 is 2.42 bits per heavy atom. The highest BCUT2D eigenvalue weighted by molar-refractivity contribution is 9.10. The van der Waals surface area contributed by atoms with E-state index in [4.69, 9.17) is 22.1 Å². The number of carbonyl (C=O) groups excluding carboxylic acids is 4. The molecule has 164 valence electrons. The lowest BCUT2D eigenvalue weighted by Gasteiger charge is -2.18. The van der Waals surface area contributed by atoms with Crippen LogP contribution >= 0.6 is 27.5 Å². The summed E-state index contributed by atoms with van der Waals surface area (Å²) in [6, 6.07) is 11.8. The first-order valence-electron chi connectivity index (χ1n) is 9.06. The highest BCUT2D eigenvalue weighted by Gasteiger charge is 2.22. The van der Waals surface area contributed by atoms with Gasteiger partial charge in [-0.15, -0.1) is 0 Å².